The highest BCUT2D eigenvalue weighted by Crippen LogP contribution is 2.12. The molecular weight excluding hydrogens is 208 g/mol. The van der Waals surface area contributed by atoms with Crippen LogP contribution in [0.5, 0.6) is 0 Å². The predicted molar refractivity (Wildman–Crippen MR) is 59.5 cm³/mol. The first-order valence-electron chi connectivity index (χ1n) is 4.85. The van der Waals surface area contributed by atoms with E-state index in [0.717, 1.165) is 6.29 Å². The zero-order valence-electron chi connectivity index (χ0n) is 8.84. The number of hydrogen-bond acceptors (Lipinski definition) is 4. The molecule has 0 saturated heterocycles. The second kappa shape index (κ2) is 5.75. The molecule has 0 aliphatic heterocycles. The van der Waals surface area contributed by atoms with Gasteiger partial charge >= 0.3 is 0 Å². The lowest BCUT2D eigenvalue weighted by Gasteiger charge is -2.10. The van der Waals surface area contributed by atoms with Crippen LogP contribution in [0.3, 0.4) is 0 Å². The van der Waals surface area contributed by atoms with E-state index in [-0.39, 0.29) is 24.1 Å². The molecular formula is C11H12N2O3. The third-order valence-corrected chi connectivity index (χ3v) is 2.06. The SMILES string of the molecule is CC(CC=O)NC(=O)c1ccc(N=O)cc1. The third-order valence-electron chi connectivity index (χ3n) is 2.06. The molecule has 0 bridgehead atoms. The van der Waals surface area contributed by atoms with Gasteiger partial charge in [0.05, 0.1) is 0 Å². The van der Waals surface area contributed by atoms with Crippen molar-refractivity contribution >= 4 is 17.9 Å². The predicted octanol–water partition coefficient (Wildman–Crippen LogP) is 1.79. The Hall–Kier alpha value is -2.04. The second-order valence-electron chi connectivity index (χ2n) is 3.42. The summed E-state index contributed by atoms with van der Waals surface area (Å²) in [5.74, 6) is -0.271. The molecule has 16 heavy (non-hydrogen) atoms. The number of rotatable bonds is 5. The summed E-state index contributed by atoms with van der Waals surface area (Å²) in [4.78, 5) is 32.0. The third kappa shape index (κ3) is 3.27. The number of nitroso groups, excluding NO2 is 1. The van der Waals surface area contributed by atoms with Crippen LogP contribution in [0, 0.1) is 4.91 Å². The molecule has 0 aliphatic rings. The molecule has 0 fully saturated rings. The van der Waals surface area contributed by atoms with Crippen molar-refractivity contribution in [2.24, 2.45) is 5.18 Å². The lowest BCUT2D eigenvalue weighted by Crippen LogP contribution is -2.32. The molecule has 5 heteroatoms. The second-order valence-corrected chi connectivity index (χ2v) is 3.42. The summed E-state index contributed by atoms with van der Waals surface area (Å²) in [5.41, 5.74) is 0.711. The number of aldehydes is 1. The highest BCUT2D eigenvalue weighted by molar-refractivity contribution is 5.94. The van der Waals surface area contributed by atoms with Crippen molar-refractivity contribution < 1.29 is 9.59 Å². The molecule has 1 N–H and O–H groups in total. The van der Waals surface area contributed by atoms with E-state index in [1.165, 1.54) is 24.3 Å². The fourth-order valence-corrected chi connectivity index (χ4v) is 1.18. The van der Waals surface area contributed by atoms with E-state index >= 15 is 0 Å². The minimum Gasteiger partial charge on any atom is -0.349 e. The number of hydrogen-bond donors (Lipinski definition) is 1. The van der Waals surface area contributed by atoms with E-state index in [1.54, 1.807) is 6.92 Å². The minimum absolute atomic E-state index is 0.200. The molecule has 0 saturated carbocycles. The van der Waals surface area contributed by atoms with Gasteiger partial charge in [-0.05, 0) is 36.4 Å². The first kappa shape index (κ1) is 12.0. The topological polar surface area (TPSA) is 75.6 Å². The van der Waals surface area contributed by atoms with Crippen molar-refractivity contribution in [3.63, 3.8) is 0 Å². The maximum Gasteiger partial charge on any atom is 0.251 e. The van der Waals surface area contributed by atoms with Crippen molar-refractivity contribution in [1.29, 1.82) is 0 Å². The Balaban J connectivity index is 2.65. The summed E-state index contributed by atoms with van der Waals surface area (Å²) in [6, 6.07) is 5.76. The number of carbonyl (C=O) groups is 2. The summed E-state index contributed by atoms with van der Waals surface area (Å²) in [7, 11) is 0. The van der Waals surface area contributed by atoms with Crippen LogP contribution in [0.25, 0.3) is 0 Å². The van der Waals surface area contributed by atoms with Crippen molar-refractivity contribution in [2.45, 2.75) is 19.4 Å². The maximum atomic E-state index is 11.6. The number of nitrogens with zero attached hydrogens (tertiary/aromatic N) is 1. The summed E-state index contributed by atoms with van der Waals surface area (Å²) in [5, 5.41) is 5.39. The minimum atomic E-state index is -0.271. The molecule has 84 valence electrons. The van der Waals surface area contributed by atoms with Crippen LogP contribution in [0.4, 0.5) is 5.69 Å². The van der Waals surface area contributed by atoms with Crippen LogP contribution in [0.2, 0.25) is 0 Å². The molecule has 1 atom stereocenters. The van der Waals surface area contributed by atoms with Gasteiger partial charge in [0.1, 0.15) is 12.0 Å². The summed E-state index contributed by atoms with van der Waals surface area (Å²) in [6.45, 7) is 1.74. The number of benzene rings is 1. The van der Waals surface area contributed by atoms with Gasteiger partial charge in [-0.2, -0.15) is 0 Å². The maximum absolute atomic E-state index is 11.6. The Labute approximate surface area is 92.8 Å². The molecule has 0 aliphatic carbocycles. The van der Waals surface area contributed by atoms with Crippen LogP contribution in [-0.2, 0) is 4.79 Å². The smallest absolute Gasteiger partial charge is 0.251 e. The first-order valence-corrected chi connectivity index (χ1v) is 4.85. The van der Waals surface area contributed by atoms with Crippen LogP contribution >= 0.6 is 0 Å². The number of carbonyl (C=O) groups excluding carboxylic acids is 2. The van der Waals surface area contributed by atoms with Crippen LogP contribution < -0.4 is 5.32 Å². The van der Waals surface area contributed by atoms with E-state index in [2.05, 4.69) is 10.5 Å². The van der Waals surface area contributed by atoms with Gasteiger partial charge in [0.15, 0.2) is 0 Å². The molecule has 0 radical (unpaired) electrons. The van der Waals surface area contributed by atoms with Crippen molar-refractivity contribution in [3.8, 4) is 0 Å². The van der Waals surface area contributed by atoms with Gasteiger partial charge in [0.2, 0.25) is 0 Å². The molecule has 1 rings (SSSR count). The van der Waals surface area contributed by atoms with Gasteiger partial charge in [-0.15, -0.1) is 4.91 Å². The van der Waals surface area contributed by atoms with Gasteiger partial charge in [-0.1, -0.05) is 0 Å². The molecule has 1 amide bonds. The summed E-state index contributed by atoms with van der Waals surface area (Å²) >= 11 is 0. The van der Waals surface area contributed by atoms with Crippen LogP contribution in [0.15, 0.2) is 29.4 Å². The normalized spacial score (nSPS) is 11.6. The first-order chi connectivity index (χ1) is 7.67. The van der Waals surface area contributed by atoms with E-state index in [1.807, 2.05) is 0 Å². The molecule has 1 unspecified atom stereocenters. The highest BCUT2D eigenvalue weighted by Gasteiger charge is 2.08. The zero-order chi connectivity index (χ0) is 12.0. The largest absolute Gasteiger partial charge is 0.349 e. The highest BCUT2D eigenvalue weighted by atomic mass is 16.3. The Morgan fingerprint density at radius 2 is 2.06 bits per heavy atom. The fraction of sp³-hybridized carbons (Fsp3) is 0.273. The van der Waals surface area contributed by atoms with Gasteiger partial charge in [-0.3, -0.25) is 4.79 Å². The number of nitrogens with one attached hydrogen (secondary N) is 1. The molecule has 5 nitrogen and oxygen atoms in total. The Bertz CT molecular complexity index is 387. The fourth-order valence-electron chi connectivity index (χ4n) is 1.18. The molecule has 1 aromatic rings. The van der Waals surface area contributed by atoms with Crippen molar-refractivity contribution in [1.82, 2.24) is 5.32 Å². The summed E-state index contributed by atoms with van der Waals surface area (Å²) in [6.07, 6.45) is 1.03. The van der Waals surface area contributed by atoms with Crippen LogP contribution in [-0.4, -0.2) is 18.2 Å². The zero-order valence-corrected chi connectivity index (χ0v) is 8.84. The van der Waals surface area contributed by atoms with E-state index < -0.39 is 0 Å². The standard InChI is InChI=1S/C11H12N2O3/c1-8(6-7-14)12-11(15)9-2-4-10(13-16)5-3-9/h2-5,7-8H,6H2,1H3,(H,12,15). The monoisotopic (exact) mass is 220 g/mol. The van der Waals surface area contributed by atoms with Gasteiger partial charge < -0.3 is 10.1 Å². The lowest BCUT2D eigenvalue weighted by atomic mass is 10.1. The lowest BCUT2D eigenvalue weighted by molar-refractivity contribution is -0.108. The molecule has 1 aromatic carbocycles. The molecule has 0 spiro atoms. The van der Waals surface area contributed by atoms with Crippen molar-refractivity contribution in [2.75, 3.05) is 0 Å². The van der Waals surface area contributed by atoms with Gasteiger partial charge in [0.25, 0.3) is 5.91 Å². The van der Waals surface area contributed by atoms with E-state index in [4.69, 9.17) is 0 Å². The Kier molecular flexibility index (Phi) is 4.32. The van der Waals surface area contributed by atoms with Gasteiger partial charge in [-0.25, -0.2) is 0 Å². The van der Waals surface area contributed by atoms with E-state index in [0.29, 0.717) is 5.56 Å². The quantitative estimate of drug-likeness (QED) is 0.607. The average Bonchev–Trinajstić information content (AvgIpc) is 2.29. The number of amides is 1. The average molecular weight is 220 g/mol. The Morgan fingerprint density at radius 1 is 1.44 bits per heavy atom. The molecule has 0 heterocycles. The summed E-state index contributed by atoms with van der Waals surface area (Å²) < 4.78 is 0. The molecule has 0 aromatic heterocycles. The van der Waals surface area contributed by atoms with Crippen molar-refractivity contribution in [3.05, 3.63) is 34.7 Å². The Morgan fingerprint density at radius 3 is 2.56 bits per heavy atom. The van der Waals surface area contributed by atoms with Crippen LogP contribution in [0.1, 0.15) is 23.7 Å². The van der Waals surface area contributed by atoms with E-state index in [9.17, 15) is 14.5 Å². The van der Waals surface area contributed by atoms with Gasteiger partial charge in [0, 0.05) is 18.0 Å².